The minimum atomic E-state index is 0.137. The second kappa shape index (κ2) is 3.27. The van der Waals surface area contributed by atoms with Gasteiger partial charge in [0.2, 0.25) is 0 Å². The van der Waals surface area contributed by atoms with Gasteiger partial charge in [-0.25, -0.2) is 0 Å². The zero-order valence-corrected chi connectivity index (χ0v) is 5.91. The molecule has 0 fully saturated rings. The third kappa shape index (κ3) is 1.77. The topological polar surface area (TPSA) is 46.0 Å². The maximum atomic E-state index is 8.54. The zero-order chi connectivity index (χ0) is 7.40. The minimum Gasteiger partial charge on any atom is -0.396 e. The molecule has 0 saturated heterocycles. The fraction of sp³-hybridized carbons (Fsp3) is 0.429. The summed E-state index contributed by atoms with van der Waals surface area (Å²) in [7, 11) is 0. The van der Waals surface area contributed by atoms with E-state index in [-0.39, 0.29) is 6.61 Å². The first kappa shape index (κ1) is 7.15. The molecule has 0 spiro atoms. The molecule has 3 nitrogen and oxygen atoms in total. The third-order valence-electron chi connectivity index (χ3n) is 1.17. The number of aliphatic hydroxyl groups is 1. The Morgan fingerprint density at radius 1 is 1.50 bits per heavy atom. The first-order chi connectivity index (χ1) is 4.83. The van der Waals surface area contributed by atoms with E-state index in [0.717, 1.165) is 11.4 Å². The Kier molecular flexibility index (Phi) is 2.34. The molecular weight excluding hydrogens is 128 g/mol. The summed E-state index contributed by atoms with van der Waals surface area (Å²) >= 11 is 0. The largest absolute Gasteiger partial charge is 0.396 e. The number of nitrogens with zero attached hydrogens (tertiary/aromatic N) is 2. The summed E-state index contributed by atoms with van der Waals surface area (Å²) in [6, 6.07) is 0. The number of hydrogen-bond acceptors (Lipinski definition) is 3. The van der Waals surface area contributed by atoms with Crippen LogP contribution in [0.15, 0.2) is 12.4 Å². The highest BCUT2D eigenvalue weighted by Crippen LogP contribution is 1.94. The van der Waals surface area contributed by atoms with E-state index in [2.05, 4.69) is 9.97 Å². The first-order valence-corrected chi connectivity index (χ1v) is 3.21. The van der Waals surface area contributed by atoms with E-state index in [1.54, 1.807) is 12.4 Å². The molecule has 1 aromatic heterocycles. The van der Waals surface area contributed by atoms with Crippen LogP contribution < -0.4 is 0 Å². The summed E-state index contributed by atoms with van der Waals surface area (Å²) in [6.07, 6.45) is 3.96. The van der Waals surface area contributed by atoms with Crippen molar-refractivity contribution >= 4 is 0 Å². The number of aliphatic hydroxyl groups excluding tert-OH is 1. The minimum absolute atomic E-state index is 0.137. The molecule has 1 aromatic rings. The number of rotatable bonds is 2. The molecule has 0 aliphatic heterocycles. The molecule has 1 heterocycles. The summed E-state index contributed by atoms with van der Waals surface area (Å²) < 4.78 is 0. The van der Waals surface area contributed by atoms with E-state index in [0.29, 0.717) is 6.42 Å². The van der Waals surface area contributed by atoms with Gasteiger partial charge in [0.1, 0.15) is 0 Å². The monoisotopic (exact) mass is 138 g/mol. The Labute approximate surface area is 59.8 Å². The van der Waals surface area contributed by atoms with Gasteiger partial charge in [-0.05, 0) is 6.92 Å². The average Bonchev–Trinajstić information content (AvgIpc) is 1.88. The fourth-order valence-corrected chi connectivity index (χ4v) is 0.750. The van der Waals surface area contributed by atoms with Crippen LogP contribution in [-0.2, 0) is 6.42 Å². The Morgan fingerprint density at radius 3 is 2.90 bits per heavy atom. The van der Waals surface area contributed by atoms with E-state index in [9.17, 15) is 0 Å². The van der Waals surface area contributed by atoms with E-state index in [1.165, 1.54) is 0 Å². The Bertz CT molecular complexity index is 213. The average molecular weight is 138 g/mol. The molecule has 10 heavy (non-hydrogen) atoms. The van der Waals surface area contributed by atoms with Crippen LogP contribution in [0.3, 0.4) is 0 Å². The van der Waals surface area contributed by atoms with Crippen LogP contribution >= 0.6 is 0 Å². The smallest absolute Gasteiger partial charge is 0.0612 e. The summed E-state index contributed by atoms with van der Waals surface area (Å²) in [6.45, 7) is 2.02. The van der Waals surface area contributed by atoms with Crippen LogP contribution in [0, 0.1) is 6.92 Å². The van der Waals surface area contributed by atoms with Gasteiger partial charge >= 0.3 is 0 Å². The van der Waals surface area contributed by atoms with E-state index in [4.69, 9.17) is 5.11 Å². The lowest BCUT2D eigenvalue weighted by Crippen LogP contribution is -1.96. The number of aromatic nitrogens is 2. The zero-order valence-electron chi connectivity index (χ0n) is 5.91. The van der Waals surface area contributed by atoms with Gasteiger partial charge in [-0.15, -0.1) is 0 Å². The molecule has 0 aliphatic rings. The maximum Gasteiger partial charge on any atom is 0.0612 e. The van der Waals surface area contributed by atoms with Crippen molar-refractivity contribution in [3.05, 3.63) is 23.8 Å². The Balaban J connectivity index is 2.75. The summed E-state index contributed by atoms with van der Waals surface area (Å²) in [5.74, 6) is 0. The quantitative estimate of drug-likeness (QED) is 0.640. The molecule has 0 amide bonds. The van der Waals surface area contributed by atoms with Crippen molar-refractivity contribution in [1.82, 2.24) is 9.97 Å². The fourth-order valence-electron chi connectivity index (χ4n) is 0.750. The predicted octanol–water partition coefficient (Wildman–Crippen LogP) is 0.320. The Morgan fingerprint density at radius 2 is 2.30 bits per heavy atom. The van der Waals surface area contributed by atoms with Crippen molar-refractivity contribution in [2.45, 2.75) is 13.3 Å². The van der Waals surface area contributed by atoms with E-state index in [1.807, 2.05) is 6.92 Å². The SMILES string of the molecule is Cc1cncc(CCO)n1. The summed E-state index contributed by atoms with van der Waals surface area (Å²) in [5.41, 5.74) is 1.74. The van der Waals surface area contributed by atoms with Gasteiger partial charge in [-0.1, -0.05) is 0 Å². The van der Waals surface area contributed by atoms with Gasteiger partial charge in [0, 0.05) is 25.4 Å². The number of hydrogen-bond donors (Lipinski definition) is 1. The normalized spacial score (nSPS) is 9.80. The second-order valence-electron chi connectivity index (χ2n) is 2.13. The molecule has 0 saturated carbocycles. The molecule has 54 valence electrons. The molecule has 0 atom stereocenters. The first-order valence-electron chi connectivity index (χ1n) is 3.21. The molecule has 3 heteroatoms. The van der Waals surface area contributed by atoms with Crippen LogP contribution in [0.25, 0.3) is 0 Å². The van der Waals surface area contributed by atoms with Gasteiger partial charge in [0.25, 0.3) is 0 Å². The predicted molar refractivity (Wildman–Crippen MR) is 37.6 cm³/mol. The van der Waals surface area contributed by atoms with Crippen molar-refractivity contribution in [3.63, 3.8) is 0 Å². The highest BCUT2D eigenvalue weighted by molar-refractivity contribution is 5.01. The van der Waals surface area contributed by atoms with Crippen LogP contribution in [0.4, 0.5) is 0 Å². The summed E-state index contributed by atoms with van der Waals surface area (Å²) in [5, 5.41) is 8.54. The van der Waals surface area contributed by atoms with Gasteiger partial charge in [0.15, 0.2) is 0 Å². The lowest BCUT2D eigenvalue weighted by atomic mass is 10.3. The standard InChI is InChI=1S/C7H10N2O/c1-6-4-8-5-7(9-6)2-3-10/h4-5,10H,2-3H2,1H3. The highest BCUT2D eigenvalue weighted by Gasteiger charge is 1.92. The lowest BCUT2D eigenvalue weighted by molar-refractivity contribution is 0.298. The van der Waals surface area contributed by atoms with Crippen molar-refractivity contribution in [3.8, 4) is 0 Å². The highest BCUT2D eigenvalue weighted by atomic mass is 16.3. The van der Waals surface area contributed by atoms with Crippen LogP contribution in [0.5, 0.6) is 0 Å². The molecule has 0 unspecified atom stereocenters. The van der Waals surface area contributed by atoms with Gasteiger partial charge in [0.05, 0.1) is 11.4 Å². The molecule has 1 N–H and O–H groups in total. The van der Waals surface area contributed by atoms with Crippen molar-refractivity contribution in [2.24, 2.45) is 0 Å². The van der Waals surface area contributed by atoms with Crippen molar-refractivity contribution in [2.75, 3.05) is 6.61 Å². The van der Waals surface area contributed by atoms with Gasteiger partial charge < -0.3 is 5.11 Å². The van der Waals surface area contributed by atoms with Crippen LogP contribution in [0.2, 0.25) is 0 Å². The van der Waals surface area contributed by atoms with Crippen molar-refractivity contribution in [1.29, 1.82) is 0 Å². The maximum absolute atomic E-state index is 8.54. The molecule has 1 rings (SSSR count). The molecular formula is C7H10N2O. The van der Waals surface area contributed by atoms with E-state index >= 15 is 0 Å². The van der Waals surface area contributed by atoms with Crippen LogP contribution in [-0.4, -0.2) is 21.7 Å². The lowest BCUT2D eigenvalue weighted by Gasteiger charge is -1.95. The molecule has 0 bridgehead atoms. The van der Waals surface area contributed by atoms with Gasteiger partial charge in [-0.2, -0.15) is 0 Å². The molecule has 0 radical (unpaired) electrons. The van der Waals surface area contributed by atoms with Crippen LogP contribution in [0.1, 0.15) is 11.4 Å². The number of aryl methyl sites for hydroxylation is 1. The van der Waals surface area contributed by atoms with Gasteiger partial charge in [-0.3, -0.25) is 9.97 Å². The molecule has 0 aliphatic carbocycles. The second-order valence-corrected chi connectivity index (χ2v) is 2.13. The van der Waals surface area contributed by atoms with E-state index < -0.39 is 0 Å². The molecule has 0 aromatic carbocycles. The Hall–Kier alpha value is -0.960. The third-order valence-corrected chi connectivity index (χ3v) is 1.17. The summed E-state index contributed by atoms with van der Waals surface area (Å²) in [4.78, 5) is 8.07. The van der Waals surface area contributed by atoms with Crippen molar-refractivity contribution < 1.29 is 5.11 Å².